The summed E-state index contributed by atoms with van der Waals surface area (Å²) in [6, 6.07) is 32.1. The summed E-state index contributed by atoms with van der Waals surface area (Å²) < 4.78 is 2.21. The first kappa shape index (κ1) is 24.4. The van der Waals surface area contributed by atoms with Crippen LogP contribution in [0.2, 0.25) is 0 Å². The maximum Gasteiger partial charge on any atom is 0.154 e. The van der Waals surface area contributed by atoms with Crippen molar-refractivity contribution in [2.75, 3.05) is 19.0 Å². The number of phenolic OH excluding ortho intramolecular Hbond substituents is 1. The summed E-state index contributed by atoms with van der Waals surface area (Å²) in [5.74, 6) is 0.0629. The number of nitrogens with zero attached hydrogens (tertiary/aromatic N) is 5. The zero-order chi connectivity index (χ0) is 27.2. The lowest BCUT2D eigenvalue weighted by Crippen LogP contribution is -2.07. The van der Waals surface area contributed by atoms with E-state index < -0.39 is 0 Å². The van der Waals surface area contributed by atoms with Gasteiger partial charge < -0.3 is 10.0 Å². The van der Waals surface area contributed by atoms with Crippen LogP contribution in [0.15, 0.2) is 107 Å². The predicted octanol–water partition coefficient (Wildman–Crippen LogP) is 9.58. The largest absolute Gasteiger partial charge is 0.505 e. The zero-order valence-corrected chi connectivity index (χ0v) is 23.4. The number of aromatic nitrogens is 2. The molecule has 0 aliphatic carbocycles. The van der Waals surface area contributed by atoms with E-state index in [2.05, 4.69) is 22.4 Å². The maximum absolute atomic E-state index is 11.5. The number of rotatable bonds is 5. The van der Waals surface area contributed by atoms with E-state index in [4.69, 9.17) is 9.97 Å². The predicted molar refractivity (Wildman–Crippen MR) is 168 cm³/mol. The molecule has 7 rings (SSSR count). The molecule has 5 aromatic carbocycles. The molecule has 2 aromatic heterocycles. The van der Waals surface area contributed by atoms with E-state index in [1.807, 2.05) is 104 Å². The molecule has 0 atom stereocenters. The molecule has 0 unspecified atom stereocenters. The number of benzene rings is 5. The van der Waals surface area contributed by atoms with Gasteiger partial charge in [-0.05, 0) is 66.0 Å². The van der Waals surface area contributed by atoms with Gasteiger partial charge in [-0.1, -0.05) is 36.4 Å². The second-order valence-corrected chi connectivity index (χ2v) is 11.7. The van der Waals surface area contributed by atoms with E-state index in [9.17, 15) is 5.11 Å². The summed E-state index contributed by atoms with van der Waals surface area (Å²) >= 11 is 3.21. The fraction of sp³-hybridized carbons (Fsp3) is 0.0625. The Morgan fingerprint density at radius 1 is 0.700 bits per heavy atom. The van der Waals surface area contributed by atoms with Crippen LogP contribution < -0.4 is 4.90 Å². The van der Waals surface area contributed by atoms with Crippen molar-refractivity contribution in [1.82, 2.24) is 9.97 Å². The van der Waals surface area contributed by atoms with Crippen molar-refractivity contribution >= 4 is 70.9 Å². The highest BCUT2D eigenvalue weighted by Gasteiger charge is 2.18. The number of para-hydroxylation sites is 2. The molecule has 0 saturated carbocycles. The Morgan fingerprint density at radius 3 is 2.02 bits per heavy atom. The Hall–Kier alpha value is -4.66. The van der Waals surface area contributed by atoms with Crippen LogP contribution >= 0.6 is 22.7 Å². The summed E-state index contributed by atoms with van der Waals surface area (Å²) in [4.78, 5) is 11.7. The Bertz CT molecular complexity index is 1990. The smallest absolute Gasteiger partial charge is 0.154 e. The third-order valence-electron chi connectivity index (χ3n) is 6.78. The van der Waals surface area contributed by atoms with Crippen molar-refractivity contribution in [1.29, 1.82) is 0 Å². The van der Waals surface area contributed by atoms with E-state index in [0.717, 1.165) is 52.5 Å². The quantitative estimate of drug-likeness (QED) is 0.214. The van der Waals surface area contributed by atoms with E-state index in [1.165, 1.54) is 0 Å². The summed E-state index contributed by atoms with van der Waals surface area (Å²) in [7, 11) is 3.99. The highest BCUT2D eigenvalue weighted by molar-refractivity contribution is 7.22. The minimum absolute atomic E-state index is 0.0629. The number of hydrogen-bond acceptors (Lipinski definition) is 8. The second-order valence-electron chi connectivity index (χ2n) is 9.64. The zero-order valence-electron chi connectivity index (χ0n) is 21.7. The molecule has 194 valence electrons. The standard InChI is InChI=1S/C32H23N5OS2/c1-37(2)22-14-12-21(13-15-22)35-36-29-23-16-11-19(31-33-25-7-3-5-9-27(25)39-31)17-20(23)18-24(30(29)38)32-34-26-8-4-6-10-28(26)40-32/h3-18,38H,1-2H3. The summed E-state index contributed by atoms with van der Waals surface area (Å²) in [6.45, 7) is 0. The first-order valence-electron chi connectivity index (χ1n) is 12.7. The molecule has 0 spiro atoms. The van der Waals surface area contributed by atoms with Crippen LogP contribution in [0.3, 0.4) is 0 Å². The fourth-order valence-corrected chi connectivity index (χ4v) is 6.63. The van der Waals surface area contributed by atoms with Gasteiger partial charge in [-0.3, -0.25) is 0 Å². The second kappa shape index (κ2) is 9.82. The van der Waals surface area contributed by atoms with Gasteiger partial charge in [-0.25, -0.2) is 9.97 Å². The van der Waals surface area contributed by atoms with E-state index >= 15 is 0 Å². The van der Waals surface area contributed by atoms with Gasteiger partial charge >= 0.3 is 0 Å². The highest BCUT2D eigenvalue weighted by atomic mass is 32.1. The summed E-state index contributed by atoms with van der Waals surface area (Å²) in [6.07, 6.45) is 0. The van der Waals surface area contributed by atoms with Crippen LogP contribution in [-0.2, 0) is 0 Å². The van der Waals surface area contributed by atoms with Crippen molar-refractivity contribution in [3.8, 4) is 26.9 Å². The first-order valence-corrected chi connectivity index (χ1v) is 14.4. The van der Waals surface area contributed by atoms with E-state index in [1.54, 1.807) is 22.7 Å². The molecule has 7 aromatic rings. The van der Waals surface area contributed by atoms with Crippen LogP contribution in [0.1, 0.15) is 0 Å². The Kier molecular flexibility index (Phi) is 5.99. The molecule has 40 heavy (non-hydrogen) atoms. The molecule has 1 N–H and O–H groups in total. The van der Waals surface area contributed by atoms with Crippen LogP contribution in [0.5, 0.6) is 5.75 Å². The summed E-state index contributed by atoms with van der Waals surface area (Å²) in [5, 5.41) is 24.0. The Morgan fingerprint density at radius 2 is 1.35 bits per heavy atom. The van der Waals surface area contributed by atoms with Crippen LogP contribution in [0.25, 0.3) is 52.3 Å². The first-order chi connectivity index (χ1) is 19.5. The van der Waals surface area contributed by atoms with Gasteiger partial charge in [0, 0.05) is 30.7 Å². The van der Waals surface area contributed by atoms with Gasteiger partial charge in [0.2, 0.25) is 0 Å². The number of fused-ring (bicyclic) bond motifs is 3. The number of aromatic hydroxyl groups is 1. The number of azo groups is 1. The van der Waals surface area contributed by atoms with Gasteiger partial charge in [0.15, 0.2) is 5.75 Å². The van der Waals surface area contributed by atoms with E-state index in [-0.39, 0.29) is 5.75 Å². The molecule has 0 radical (unpaired) electrons. The van der Waals surface area contributed by atoms with Crippen molar-refractivity contribution in [3.63, 3.8) is 0 Å². The summed E-state index contributed by atoms with van der Waals surface area (Å²) in [5.41, 5.74) is 5.72. The fourth-order valence-electron chi connectivity index (χ4n) is 4.68. The number of anilines is 1. The molecule has 0 bridgehead atoms. The highest BCUT2D eigenvalue weighted by Crippen LogP contribution is 2.46. The van der Waals surface area contributed by atoms with Gasteiger partial charge in [-0.15, -0.1) is 27.8 Å². The maximum atomic E-state index is 11.5. The number of hydrogen-bond donors (Lipinski definition) is 1. The number of phenols is 1. The average Bonchev–Trinajstić information content (AvgIpc) is 3.61. The van der Waals surface area contributed by atoms with Gasteiger partial charge in [0.05, 0.1) is 31.7 Å². The molecular weight excluding hydrogens is 535 g/mol. The SMILES string of the molecule is CN(C)c1ccc(N=Nc2c(O)c(-c3nc4ccccc4s3)cc3cc(-c4nc5ccccc5s4)ccc23)cc1. The molecular formula is C32H23N5OS2. The van der Waals surface area contributed by atoms with E-state index in [0.29, 0.717) is 16.9 Å². The topological polar surface area (TPSA) is 74.0 Å². The Balaban J connectivity index is 1.40. The third kappa shape index (κ3) is 4.37. The van der Waals surface area contributed by atoms with Crippen LogP contribution in [0.4, 0.5) is 17.1 Å². The molecule has 6 nitrogen and oxygen atoms in total. The minimum atomic E-state index is 0.0629. The lowest BCUT2D eigenvalue weighted by molar-refractivity contribution is 0.479. The van der Waals surface area contributed by atoms with Gasteiger partial charge in [0.1, 0.15) is 15.7 Å². The average molecular weight is 558 g/mol. The minimum Gasteiger partial charge on any atom is -0.505 e. The lowest BCUT2D eigenvalue weighted by Gasteiger charge is -2.12. The van der Waals surface area contributed by atoms with Crippen LogP contribution in [0, 0.1) is 0 Å². The number of thiazole rings is 2. The van der Waals surface area contributed by atoms with Crippen molar-refractivity contribution in [2.24, 2.45) is 10.2 Å². The van der Waals surface area contributed by atoms with Crippen molar-refractivity contribution in [2.45, 2.75) is 0 Å². The van der Waals surface area contributed by atoms with Crippen molar-refractivity contribution < 1.29 is 5.11 Å². The molecule has 0 aliphatic rings. The third-order valence-corrected chi connectivity index (χ3v) is 8.94. The molecule has 0 aliphatic heterocycles. The molecule has 0 saturated heterocycles. The van der Waals surface area contributed by atoms with Crippen LogP contribution in [-0.4, -0.2) is 29.2 Å². The normalized spacial score (nSPS) is 11.8. The van der Waals surface area contributed by atoms with Gasteiger partial charge in [-0.2, -0.15) is 5.11 Å². The molecule has 0 fully saturated rings. The lowest BCUT2D eigenvalue weighted by atomic mass is 10.0. The molecule has 0 amide bonds. The Labute approximate surface area is 238 Å². The monoisotopic (exact) mass is 557 g/mol. The van der Waals surface area contributed by atoms with Crippen molar-refractivity contribution in [3.05, 3.63) is 97.1 Å². The molecule has 2 heterocycles. The van der Waals surface area contributed by atoms with Gasteiger partial charge in [0.25, 0.3) is 0 Å². The molecule has 8 heteroatoms.